The third-order valence-corrected chi connectivity index (χ3v) is 3.37. The number of hydrogen-bond acceptors (Lipinski definition) is 4. The zero-order valence-electron chi connectivity index (χ0n) is 14.1. The van der Waals surface area contributed by atoms with Gasteiger partial charge in [0.05, 0.1) is 12.7 Å². The fourth-order valence-electron chi connectivity index (χ4n) is 2.00. The smallest absolute Gasteiger partial charge is 0.221 e. The van der Waals surface area contributed by atoms with E-state index in [4.69, 9.17) is 4.74 Å². The molecule has 1 N–H and O–H groups in total. The van der Waals surface area contributed by atoms with Crippen LogP contribution in [-0.2, 0) is 4.79 Å². The maximum atomic E-state index is 11.9. The van der Waals surface area contributed by atoms with Crippen LogP contribution in [0, 0.1) is 18.8 Å². The monoisotopic (exact) mass is 336 g/mol. The van der Waals surface area contributed by atoms with Crippen LogP contribution in [0.15, 0.2) is 48.7 Å². The predicted molar refractivity (Wildman–Crippen MR) is 95.3 cm³/mol. The minimum Gasteiger partial charge on any atom is -0.479 e. The molecule has 1 heterocycles. The van der Waals surface area contributed by atoms with Crippen molar-refractivity contribution in [2.75, 3.05) is 13.2 Å². The number of aromatic nitrogens is 1. The normalized spacial score (nSPS) is 9.64. The van der Waals surface area contributed by atoms with Gasteiger partial charge in [0.2, 0.25) is 5.91 Å². The van der Waals surface area contributed by atoms with Crippen molar-refractivity contribution in [3.63, 3.8) is 0 Å². The van der Waals surface area contributed by atoms with Crippen LogP contribution in [0.3, 0.4) is 0 Å². The van der Waals surface area contributed by atoms with E-state index in [1.54, 1.807) is 30.5 Å². The SMILES string of the molecule is Cc1ccc(OCC#CCNC(=O)CCC(=O)c2ccccc2)cn1. The fraction of sp³-hybridized carbons (Fsp3) is 0.250. The first-order valence-electron chi connectivity index (χ1n) is 8.01. The molecular formula is C20H20N2O3. The molecule has 0 unspecified atom stereocenters. The maximum Gasteiger partial charge on any atom is 0.221 e. The van der Waals surface area contributed by atoms with E-state index in [9.17, 15) is 9.59 Å². The van der Waals surface area contributed by atoms with Gasteiger partial charge >= 0.3 is 0 Å². The Labute approximate surface area is 147 Å². The Bertz CT molecular complexity index is 759. The van der Waals surface area contributed by atoms with E-state index in [1.165, 1.54) is 0 Å². The molecule has 0 fully saturated rings. The van der Waals surface area contributed by atoms with Crippen LogP contribution in [0.5, 0.6) is 5.75 Å². The molecule has 0 saturated carbocycles. The summed E-state index contributed by atoms with van der Waals surface area (Å²) in [5, 5.41) is 2.66. The molecule has 5 heteroatoms. The third-order valence-electron chi connectivity index (χ3n) is 3.37. The number of rotatable bonds is 7. The Morgan fingerprint density at radius 3 is 2.60 bits per heavy atom. The predicted octanol–water partition coefficient (Wildman–Crippen LogP) is 2.55. The highest BCUT2D eigenvalue weighted by atomic mass is 16.5. The fourth-order valence-corrected chi connectivity index (χ4v) is 2.00. The lowest BCUT2D eigenvalue weighted by molar-refractivity contribution is -0.120. The van der Waals surface area contributed by atoms with E-state index in [1.807, 2.05) is 25.1 Å². The lowest BCUT2D eigenvalue weighted by Gasteiger charge is -2.02. The van der Waals surface area contributed by atoms with Crippen LogP contribution in [0.25, 0.3) is 0 Å². The number of ketones is 1. The quantitative estimate of drug-likeness (QED) is 0.623. The largest absolute Gasteiger partial charge is 0.479 e. The van der Waals surface area contributed by atoms with E-state index < -0.39 is 0 Å². The number of Topliss-reactive ketones (excluding diaryl/α,β-unsaturated/α-hetero) is 1. The lowest BCUT2D eigenvalue weighted by atomic mass is 10.1. The van der Waals surface area contributed by atoms with E-state index in [-0.39, 0.29) is 37.7 Å². The summed E-state index contributed by atoms with van der Waals surface area (Å²) >= 11 is 0. The molecule has 1 aromatic heterocycles. The second kappa shape index (κ2) is 9.89. The molecule has 0 aliphatic heterocycles. The number of nitrogens with one attached hydrogen (secondary N) is 1. The van der Waals surface area contributed by atoms with Crippen LogP contribution in [0.4, 0.5) is 0 Å². The maximum absolute atomic E-state index is 11.9. The molecule has 1 amide bonds. The number of carbonyl (C=O) groups is 2. The molecule has 2 aromatic rings. The van der Waals surface area contributed by atoms with Crippen molar-refractivity contribution in [2.45, 2.75) is 19.8 Å². The van der Waals surface area contributed by atoms with Gasteiger partial charge in [0.15, 0.2) is 5.78 Å². The Balaban J connectivity index is 1.61. The van der Waals surface area contributed by atoms with Crippen molar-refractivity contribution >= 4 is 11.7 Å². The zero-order chi connectivity index (χ0) is 17.9. The average Bonchev–Trinajstić information content (AvgIpc) is 2.64. The second-order valence-corrected chi connectivity index (χ2v) is 5.34. The van der Waals surface area contributed by atoms with Crippen molar-refractivity contribution in [1.29, 1.82) is 0 Å². The highest BCUT2D eigenvalue weighted by Gasteiger charge is 2.08. The lowest BCUT2D eigenvalue weighted by Crippen LogP contribution is -2.24. The molecule has 0 saturated heterocycles. The minimum atomic E-state index is -0.192. The molecule has 0 aliphatic rings. The number of aryl methyl sites for hydroxylation is 1. The van der Waals surface area contributed by atoms with Crippen LogP contribution in [0.2, 0.25) is 0 Å². The topological polar surface area (TPSA) is 68.3 Å². The van der Waals surface area contributed by atoms with Crippen LogP contribution >= 0.6 is 0 Å². The van der Waals surface area contributed by atoms with Gasteiger partial charge in [-0.05, 0) is 19.1 Å². The summed E-state index contributed by atoms with van der Waals surface area (Å²) in [6.07, 6.45) is 1.98. The minimum absolute atomic E-state index is 0.0399. The molecule has 128 valence electrons. The molecule has 25 heavy (non-hydrogen) atoms. The van der Waals surface area contributed by atoms with Gasteiger partial charge in [0, 0.05) is 24.1 Å². The Morgan fingerprint density at radius 2 is 1.88 bits per heavy atom. The number of ether oxygens (including phenoxy) is 1. The van der Waals surface area contributed by atoms with E-state index in [0.29, 0.717) is 11.3 Å². The zero-order valence-corrected chi connectivity index (χ0v) is 14.1. The van der Waals surface area contributed by atoms with Crippen LogP contribution in [0.1, 0.15) is 28.9 Å². The number of hydrogen-bond donors (Lipinski definition) is 1. The highest BCUT2D eigenvalue weighted by Crippen LogP contribution is 2.07. The Kier molecular flexibility index (Phi) is 7.20. The van der Waals surface area contributed by atoms with E-state index in [2.05, 4.69) is 22.1 Å². The summed E-state index contributed by atoms with van der Waals surface area (Å²) in [5.74, 6) is 6.04. The number of amides is 1. The summed E-state index contributed by atoms with van der Waals surface area (Å²) in [4.78, 5) is 27.7. The van der Waals surface area contributed by atoms with Crippen molar-refractivity contribution in [2.24, 2.45) is 0 Å². The number of carbonyl (C=O) groups excluding carboxylic acids is 2. The van der Waals surface area contributed by atoms with Gasteiger partial charge in [-0.2, -0.15) is 0 Å². The van der Waals surface area contributed by atoms with Gasteiger partial charge in [-0.15, -0.1) is 0 Å². The molecule has 1 aromatic carbocycles. The van der Waals surface area contributed by atoms with E-state index >= 15 is 0 Å². The Morgan fingerprint density at radius 1 is 1.08 bits per heavy atom. The molecular weight excluding hydrogens is 316 g/mol. The van der Waals surface area contributed by atoms with Crippen molar-refractivity contribution in [3.05, 3.63) is 59.9 Å². The molecule has 2 rings (SSSR count). The summed E-state index contributed by atoms with van der Waals surface area (Å²) in [7, 11) is 0. The molecule has 0 spiro atoms. The van der Waals surface area contributed by atoms with Crippen molar-refractivity contribution < 1.29 is 14.3 Å². The van der Waals surface area contributed by atoms with Crippen molar-refractivity contribution in [3.8, 4) is 17.6 Å². The first kappa shape index (κ1) is 18.2. The standard InChI is InChI=1S/C20H20N2O3/c1-16-9-10-18(15-22-16)25-14-6-5-13-21-20(24)12-11-19(23)17-7-3-2-4-8-17/h2-4,7-10,15H,11-14H2,1H3,(H,21,24). The molecule has 0 bridgehead atoms. The van der Waals surface area contributed by atoms with Crippen LogP contribution < -0.4 is 10.1 Å². The van der Waals surface area contributed by atoms with Gasteiger partial charge in [-0.25, -0.2) is 0 Å². The molecule has 0 atom stereocenters. The van der Waals surface area contributed by atoms with Gasteiger partial charge < -0.3 is 10.1 Å². The highest BCUT2D eigenvalue weighted by molar-refractivity contribution is 5.97. The number of benzene rings is 1. The van der Waals surface area contributed by atoms with Crippen LogP contribution in [-0.4, -0.2) is 29.8 Å². The summed E-state index contributed by atoms with van der Waals surface area (Å²) in [6.45, 7) is 2.36. The van der Waals surface area contributed by atoms with E-state index in [0.717, 1.165) is 5.69 Å². The van der Waals surface area contributed by atoms with Gasteiger partial charge in [0.1, 0.15) is 12.4 Å². The van der Waals surface area contributed by atoms with Crippen molar-refractivity contribution in [1.82, 2.24) is 10.3 Å². The molecule has 5 nitrogen and oxygen atoms in total. The van der Waals surface area contributed by atoms with Gasteiger partial charge in [0.25, 0.3) is 0 Å². The Hall–Kier alpha value is -3.13. The third kappa shape index (κ3) is 6.88. The first-order chi connectivity index (χ1) is 12.1. The van der Waals surface area contributed by atoms with Gasteiger partial charge in [-0.3, -0.25) is 14.6 Å². The van der Waals surface area contributed by atoms with Gasteiger partial charge in [-0.1, -0.05) is 42.2 Å². The summed E-state index contributed by atoms with van der Waals surface area (Å²) < 4.78 is 5.40. The number of nitrogens with zero attached hydrogens (tertiary/aromatic N) is 1. The second-order valence-electron chi connectivity index (χ2n) is 5.34. The number of pyridine rings is 1. The molecule has 0 aliphatic carbocycles. The average molecular weight is 336 g/mol. The first-order valence-corrected chi connectivity index (χ1v) is 8.01. The summed E-state index contributed by atoms with van der Waals surface area (Å²) in [5.41, 5.74) is 1.55. The summed E-state index contributed by atoms with van der Waals surface area (Å²) in [6, 6.07) is 12.6. The molecule has 0 radical (unpaired) electrons.